The fraction of sp³-hybridized carbons (Fsp3) is 0.250. The number of aromatic nitrogens is 1. The van der Waals surface area contributed by atoms with E-state index >= 15 is 0 Å². The van der Waals surface area contributed by atoms with Crippen molar-refractivity contribution in [2.45, 2.75) is 39.0 Å². The van der Waals surface area contributed by atoms with Crippen LogP contribution in [0.15, 0.2) is 100 Å². The number of carbonyl (C=O) groups excluding carboxylic acids is 2. The van der Waals surface area contributed by atoms with Gasteiger partial charge in [0, 0.05) is 24.6 Å². The summed E-state index contributed by atoms with van der Waals surface area (Å²) in [5.74, 6) is 0.481. The molecule has 0 unspecified atom stereocenters. The number of rotatable bonds is 11. The Labute approximate surface area is 249 Å². The third-order valence-electron chi connectivity index (χ3n) is 6.92. The molecule has 3 aromatic rings. The zero-order chi connectivity index (χ0) is 29.5. The van der Waals surface area contributed by atoms with E-state index in [4.69, 9.17) is 19.2 Å². The molecular weight excluding hydrogens is 552 g/mol. The van der Waals surface area contributed by atoms with Gasteiger partial charge in [0.05, 0.1) is 38.0 Å². The molecule has 0 fully saturated rings. The van der Waals surface area contributed by atoms with Crippen molar-refractivity contribution in [3.8, 4) is 11.5 Å². The van der Waals surface area contributed by atoms with Crippen LogP contribution >= 0.6 is 11.8 Å². The fourth-order valence-corrected chi connectivity index (χ4v) is 5.80. The molecule has 2 aliphatic rings. The van der Waals surface area contributed by atoms with Crippen LogP contribution in [0.4, 0.5) is 0 Å². The highest BCUT2D eigenvalue weighted by Crippen LogP contribution is 2.46. The Morgan fingerprint density at radius 2 is 1.83 bits per heavy atom. The first kappa shape index (κ1) is 28.9. The van der Waals surface area contributed by atoms with E-state index < -0.39 is 12.0 Å². The molecule has 1 N–H and O–H groups in total. The predicted molar refractivity (Wildman–Crippen MR) is 161 cm³/mol. The average molecular weight is 585 g/mol. The van der Waals surface area contributed by atoms with Gasteiger partial charge in [-0.2, -0.15) is 0 Å². The number of pyridine rings is 1. The van der Waals surface area contributed by atoms with Gasteiger partial charge in [0.2, 0.25) is 5.91 Å². The summed E-state index contributed by atoms with van der Waals surface area (Å²) in [6, 6.07) is 18.7. The molecule has 1 amide bonds. The van der Waals surface area contributed by atoms with Gasteiger partial charge in [-0.05, 0) is 46.7 Å². The number of carbonyl (C=O) groups is 2. The smallest absolute Gasteiger partial charge is 0.338 e. The zero-order valence-electron chi connectivity index (χ0n) is 23.7. The van der Waals surface area contributed by atoms with Crippen LogP contribution in [-0.2, 0) is 27.5 Å². The molecule has 5 rings (SSSR count). The number of esters is 1. The van der Waals surface area contributed by atoms with E-state index in [1.807, 2.05) is 77.9 Å². The summed E-state index contributed by atoms with van der Waals surface area (Å²) < 4.78 is 17.0. The topological polar surface area (TPSA) is 102 Å². The van der Waals surface area contributed by atoms with Crippen molar-refractivity contribution in [3.63, 3.8) is 0 Å². The second-order valence-electron chi connectivity index (χ2n) is 9.60. The first-order chi connectivity index (χ1) is 20.5. The minimum atomic E-state index is -0.579. The maximum atomic E-state index is 13.2. The largest absolute Gasteiger partial charge is 0.493 e. The lowest BCUT2D eigenvalue weighted by Gasteiger charge is -2.36. The van der Waals surface area contributed by atoms with E-state index in [2.05, 4.69) is 10.3 Å². The molecular formula is C32H32N4O5S. The minimum Gasteiger partial charge on any atom is -0.493 e. The third-order valence-corrected chi connectivity index (χ3v) is 7.81. The SMILES string of the molecule is CCC1=C(C(=O)OC)[C@@H](c2ccc(OCc3ccccc3)c(OC)c2)N2C(CC(=O)NCc3cccnc3)=CSC2=N1. The number of thioether (sulfide) groups is 1. The average Bonchev–Trinajstić information content (AvgIpc) is 3.44. The van der Waals surface area contributed by atoms with Crippen molar-refractivity contribution in [3.05, 3.63) is 112 Å². The number of hydrogen-bond donors (Lipinski definition) is 1. The van der Waals surface area contributed by atoms with Crippen molar-refractivity contribution in [2.75, 3.05) is 14.2 Å². The van der Waals surface area contributed by atoms with Crippen LogP contribution in [0.5, 0.6) is 11.5 Å². The van der Waals surface area contributed by atoms with E-state index in [1.54, 1.807) is 19.5 Å². The summed E-state index contributed by atoms with van der Waals surface area (Å²) in [4.78, 5) is 37.1. The first-order valence-corrected chi connectivity index (χ1v) is 14.5. The van der Waals surface area contributed by atoms with E-state index in [-0.39, 0.29) is 12.3 Å². The number of ether oxygens (including phenoxy) is 3. The highest BCUT2D eigenvalue weighted by atomic mass is 32.2. The molecule has 3 heterocycles. The quantitative estimate of drug-likeness (QED) is 0.294. The fourth-order valence-electron chi connectivity index (χ4n) is 4.87. The molecule has 0 saturated carbocycles. The molecule has 10 heteroatoms. The van der Waals surface area contributed by atoms with Gasteiger partial charge in [-0.3, -0.25) is 9.78 Å². The van der Waals surface area contributed by atoms with Crippen LogP contribution in [-0.4, -0.2) is 41.1 Å². The number of aliphatic imine (C=N–C) groups is 1. The molecule has 2 aromatic carbocycles. The summed E-state index contributed by atoms with van der Waals surface area (Å²) >= 11 is 1.43. The van der Waals surface area contributed by atoms with Gasteiger partial charge >= 0.3 is 5.97 Å². The van der Waals surface area contributed by atoms with Gasteiger partial charge < -0.3 is 24.4 Å². The molecule has 0 spiro atoms. The lowest BCUT2D eigenvalue weighted by atomic mass is 9.92. The van der Waals surface area contributed by atoms with Crippen LogP contribution < -0.4 is 14.8 Å². The number of allylic oxidation sites excluding steroid dienone is 1. The number of fused-ring (bicyclic) bond motifs is 1. The lowest BCUT2D eigenvalue weighted by Crippen LogP contribution is -2.38. The van der Waals surface area contributed by atoms with Gasteiger partial charge in [0.25, 0.3) is 0 Å². The Bertz CT molecular complexity index is 1540. The summed E-state index contributed by atoms with van der Waals surface area (Å²) in [5, 5.41) is 5.57. The molecule has 216 valence electrons. The van der Waals surface area contributed by atoms with Crippen molar-refractivity contribution >= 4 is 28.8 Å². The second kappa shape index (κ2) is 13.4. The molecule has 0 bridgehead atoms. The summed E-state index contributed by atoms with van der Waals surface area (Å²) in [5.41, 5.74) is 4.52. The summed E-state index contributed by atoms with van der Waals surface area (Å²) in [6.07, 6.45) is 4.05. The van der Waals surface area contributed by atoms with E-state index in [0.717, 1.165) is 22.4 Å². The molecule has 1 aromatic heterocycles. The maximum Gasteiger partial charge on any atom is 0.338 e. The summed E-state index contributed by atoms with van der Waals surface area (Å²) in [6.45, 7) is 2.70. The van der Waals surface area contributed by atoms with Crippen molar-refractivity contribution < 1.29 is 23.8 Å². The Morgan fingerprint density at radius 3 is 2.55 bits per heavy atom. The zero-order valence-corrected chi connectivity index (χ0v) is 24.5. The number of benzene rings is 2. The van der Waals surface area contributed by atoms with Crippen LogP contribution in [0, 0.1) is 0 Å². The van der Waals surface area contributed by atoms with Crippen LogP contribution in [0.2, 0.25) is 0 Å². The number of hydrogen-bond acceptors (Lipinski definition) is 9. The van der Waals surface area contributed by atoms with Crippen LogP contribution in [0.25, 0.3) is 0 Å². The van der Waals surface area contributed by atoms with Gasteiger partial charge in [-0.25, -0.2) is 9.79 Å². The number of nitrogens with zero attached hydrogens (tertiary/aromatic N) is 3. The van der Waals surface area contributed by atoms with E-state index in [9.17, 15) is 9.59 Å². The number of nitrogens with one attached hydrogen (secondary N) is 1. The maximum absolute atomic E-state index is 13.2. The van der Waals surface area contributed by atoms with Crippen LogP contribution in [0.1, 0.15) is 42.5 Å². The molecule has 1 atom stereocenters. The van der Waals surface area contributed by atoms with Gasteiger partial charge in [-0.15, -0.1) is 0 Å². The molecule has 0 saturated heterocycles. The molecule has 42 heavy (non-hydrogen) atoms. The van der Waals surface area contributed by atoms with Gasteiger partial charge in [0.15, 0.2) is 16.7 Å². The van der Waals surface area contributed by atoms with Crippen molar-refractivity contribution in [1.82, 2.24) is 15.2 Å². The predicted octanol–water partition coefficient (Wildman–Crippen LogP) is 5.51. The van der Waals surface area contributed by atoms with E-state index in [1.165, 1.54) is 18.9 Å². The number of methoxy groups -OCH3 is 2. The lowest BCUT2D eigenvalue weighted by molar-refractivity contribution is -0.136. The highest BCUT2D eigenvalue weighted by Gasteiger charge is 2.41. The monoisotopic (exact) mass is 584 g/mol. The minimum absolute atomic E-state index is 0.105. The van der Waals surface area contributed by atoms with E-state index in [0.29, 0.717) is 47.5 Å². The standard InChI is InChI=1S/C32H32N4O5S/c1-4-25-29(31(38)40-3)30(23-12-13-26(27(15-23)39-2)41-19-21-9-6-5-7-10-21)36-24(20-42-32(36)35-25)16-28(37)34-18-22-11-8-14-33-17-22/h5-15,17,20,30H,4,16,18-19H2,1-3H3,(H,34,37)/t30-/m1/s1. The molecule has 0 radical (unpaired) electrons. The Balaban J connectivity index is 1.44. The normalized spacial score (nSPS) is 15.9. The number of amides is 1. The Hall–Kier alpha value is -4.57. The molecule has 0 aliphatic carbocycles. The molecule has 9 nitrogen and oxygen atoms in total. The van der Waals surface area contributed by atoms with Gasteiger partial charge in [0.1, 0.15) is 6.61 Å². The second-order valence-corrected chi connectivity index (χ2v) is 10.4. The third kappa shape index (κ3) is 6.33. The number of amidine groups is 1. The highest BCUT2D eigenvalue weighted by molar-refractivity contribution is 8.16. The Kier molecular flexibility index (Phi) is 9.23. The summed E-state index contributed by atoms with van der Waals surface area (Å²) in [7, 11) is 2.95. The first-order valence-electron chi connectivity index (χ1n) is 13.6. The van der Waals surface area contributed by atoms with Gasteiger partial charge in [-0.1, -0.05) is 61.2 Å². The van der Waals surface area contributed by atoms with Crippen molar-refractivity contribution in [1.29, 1.82) is 0 Å². The van der Waals surface area contributed by atoms with Crippen molar-refractivity contribution in [2.24, 2.45) is 4.99 Å². The van der Waals surface area contributed by atoms with Crippen LogP contribution in [0.3, 0.4) is 0 Å². The molecule has 2 aliphatic heterocycles. The Morgan fingerprint density at radius 1 is 1.02 bits per heavy atom.